The molecule has 0 aromatic heterocycles. The number of primary amides is 1. The summed E-state index contributed by atoms with van der Waals surface area (Å²) in [5.41, 5.74) is 7.36. The first-order valence-corrected chi connectivity index (χ1v) is 8.20. The highest BCUT2D eigenvalue weighted by molar-refractivity contribution is 5.88. The summed E-state index contributed by atoms with van der Waals surface area (Å²) in [6.07, 6.45) is 6.45. The fourth-order valence-corrected chi connectivity index (χ4v) is 3.45. The Kier molecular flexibility index (Phi) is 4.79. The summed E-state index contributed by atoms with van der Waals surface area (Å²) in [5, 5.41) is 0. The van der Waals surface area contributed by atoms with E-state index in [1.165, 1.54) is 0 Å². The van der Waals surface area contributed by atoms with Gasteiger partial charge in [0.15, 0.2) is 11.5 Å². The van der Waals surface area contributed by atoms with Crippen LogP contribution in [0.5, 0.6) is 11.5 Å². The number of ether oxygens (including phenoxy) is 2. The van der Waals surface area contributed by atoms with E-state index in [0.29, 0.717) is 24.5 Å². The van der Waals surface area contributed by atoms with E-state index in [2.05, 4.69) is 0 Å². The molecule has 0 bridgehead atoms. The van der Waals surface area contributed by atoms with Gasteiger partial charge in [0, 0.05) is 19.2 Å². The molecule has 2 atom stereocenters. The van der Waals surface area contributed by atoms with Crippen LogP contribution < -0.4 is 15.2 Å². The Morgan fingerprint density at radius 2 is 2.08 bits per heavy atom. The van der Waals surface area contributed by atoms with Gasteiger partial charge in [-0.3, -0.25) is 9.59 Å². The zero-order chi connectivity index (χ0) is 18.0. The van der Waals surface area contributed by atoms with E-state index >= 15 is 0 Å². The molecule has 2 aliphatic rings. The third kappa shape index (κ3) is 3.38. The number of ketones is 1. The molecule has 1 amide bonds. The SMILES string of the molecule is COc1ccc(C(CC(N)=O)N2C=C3C=CCC(=O)C3C2)cc1OC. The van der Waals surface area contributed by atoms with E-state index in [-0.39, 0.29) is 24.2 Å². The number of carbonyl (C=O) groups excluding carboxylic acids is 2. The highest BCUT2D eigenvalue weighted by Crippen LogP contribution is 2.38. The average Bonchev–Trinajstić information content (AvgIpc) is 3.04. The van der Waals surface area contributed by atoms with Gasteiger partial charge < -0.3 is 20.1 Å². The van der Waals surface area contributed by atoms with Crippen LogP contribution in [0, 0.1) is 5.92 Å². The van der Waals surface area contributed by atoms with Gasteiger partial charge in [-0.15, -0.1) is 0 Å². The highest BCUT2D eigenvalue weighted by Gasteiger charge is 2.34. The van der Waals surface area contributed by atoms with E-state index in [0.717, 1.165) is 11.1 Å². The van der Waals surface area contributed by atoms with Crippen LogP contribution in [0.2, 0.25) is 0 Å². The third-order valence-corrected chi connectivity index (χ3v) is 4.72. The number of fused-ring (bicyclic) bond motifs is 1. The van der Waals surface area contributed by atoms with E-state index in [1.54, 1.807) is 14.2 Å². The van der Waals surface area contributed by atoms with E-state index in [1.807, 2.05) is 41.5 Å². The molecule has 1 aliphatic carbocycles. The van der Waals surface area contributed by atoms with Crippen molar-refractivity contribution in [3.8, 4) is 11.5 Å². The van der Waals surface area contributed by atoms with E-state index in [9.17, 15) is 9.59 Å². The lowest BCUT2D eigenvalue weighted by Crippen LogP contribution is -2.30. The molecule has 6 heteroatoms. The Morgan fingerprint density at radius 1 is 1.32 bits per heavy atom. The fourth-order valence-electron chi connectivity index (χ4n) is 3.45. The maximum Gasteiger partial charge on any atom is 0.219 e. The quantitative estimate of drug-likeness (QED) is 0.855. The van der Waals surface area contributed by atoms with Crippen molar-refractivity contribution >= 4 is 11.7 Å². The first-order valence-electron chi connectivity index (χ1n) is 8.20. The number of rotatable bonds is 6. The summed E-state index contributed by atoms with van der Waals surface area (Å²) in [6, 6.07) is 5.30. The Bertz CT molecular complexity index is 754. The maximum absolute atomic E-state index is 12.1. The summed E-state index contributed by atoms with van der Waals surface area (Å²) >= 11 is 0. The Hall–Kier alpha value is -2.76. The van der Waals surface area contributed by atoms with Crippen LogP contribution in [0.4, 0.5) is 0 Å². The standard InChI is InChI=1S/C19H22N2O4/c1-24-17-7-6-12(8-18(17)25-2)15(9-19(20)23)21-10-13-4-3-5-16(22)14(13)11-21/h3-4,6-8,10,14-15H,5,9,11H2,1-2H3,(H2,20,23). The molecule has 0 saturated carbocycles. The number of nitrogens with two attached hydrogens (primary N) is 1. The number of nitrogens with zero attached hydrogens (tertiary/aromatic N) is 1. The number of allylic oxidation sites excluding steroid dienone is 2. The second-order valence-electron chi connectivity index (χ2n) is 6.25. The normalized spacial score (nSPS) is 20.1. The molecule has 25 heavy (non-hydrogen) atoms. The average molecular weight is 342 g/mol. The zero-order valence-electron chi connectivity index (χ0n) is 14.4. The molecule has 2 N–H and O–H groups in total. The zero-order valence-corrected chi connectivity index (χ0v) is 14.4. The van der Waals surface area contributed by atoms with Crippen LogP contribution in [-0.4, -0.2) is 37.4 Å². The van der Waals surface area contributed by atoms with Gasteiger partial charge >= 0.3 is 0 Å². The van der Waals surface area contributed by atoms with Gasteiger partial charge in [-0.2, -0.15) is 0 Å². The Morgan fingerprint density at radius 3 is 2.72 bits per heavy atom. The molecule has 3 rings (SSSR count). The van der Waals surface area contributed by atoms with Crippen molar-refractivity contribution < 1.29 is 19.1 Å². The summed E-state index contributed by atoms with van der Waals surface area (Å²) in [6.45, 7) is 0.560. The molecule has 0 radical (unpaired) electrons. The van der Waals surface area contributed by atoms with Gasteiger partial charge in [-0.25, -0.2) is 0 Å². The van der Waals surface area contributed by atoms with Crippen LogP contribution in [0.1, 0.15) is 24.4 Å². The minimum atomic E-state index is -0.394. The summed E-state index contributed by atoms with van der Waals surface area (Å²) in [7, 11) is 3.15. The number of hydrogen-bond acceptors (Lipinski definition) is 5. The van der Waals surface area contributed by atoms with Crippen molar-refractivity contribution in [1.82, 2.24) is 4.90 Å². The minimum absolute atomic E-state index is 0.125. The monoisotopic (exact) mass is 342 g/mol. The molecular weight excluding hydrogens is 320 g/mol. The summed E-state index contributed by atoms with van der Waals surface area (Å²) in [5.74, 6) is 0.905. The van der Waals surface area contributed by atoms with Gasteiger partial charge in [0.1, 0.15) is 5.78 Å². The lowest BCUT2D eigenvalue weighted by atomic mass is 9.90. The van der Waals surface area contributed by atoms with Crippen molar-refractivity contribution in [1.29, 1.82) is 0 Å². The molecule has 132 valence electrons. The molecule has 1 aromatic rings. The van der Waals surface area contributed by atoms with Crippen LogP contribution in [0.15, 0.2) is 42.1 Å². The van der Waals surface area contributed by atoms with Gasteiger partial charge in [0.05, 0.1) is 32.6 Å². The molecule has 1 heterocycles. The number of hydrogen-bond donors (Lipinski definition) is 1. The molecule has 6 nitrogen and oxygen atoms in total. The molecule has 2 unspecified atom stereocenters. The van der Waals surface area contributed by atoms with Gasteiger partial charge in [-0.1, -0.05) is 18.2 Å². The van der Waals surface area contributed by atoms with Crippen molar-refractivity contribution in [2.24, 2.45) is 11.7 Å². The lowest BCUT2D eigenvalue weighted by Gasteiger charge is -2.29. The topological polar surface area (TPSA) is 81.9 Å². The van der Waals surface area contributed by atoms with Gasteiger partial charge in [-0.05, 0) is 23.3 Å². The predicted molar refractivity (Wildman–Crippen MR) is 93.1 cm³/mol. The van der Waals surface area contributed by atoms with Crippen molar-refractivity contribution in [2.75, 3.05) is 20.8 Å². The van der Waals surface area contributed by atoms with Gasteiger partial charge in [0.25, 0.3) is 0 Å². The number of Topliss-reactive ketones (excluding diaryl/α,β-unsaturated/α-hetero) is 1. The molecule has 1 aliphatic heterocycles. The first kappa shape index (κ1) is 17.1. The van der Waals surface area contributed by atoms with E-state index < -0.39 is 5.91 Å². The Labute approximate surface area is 146 Å². The fraction of sp³-hybridized carbons (Fsp3) is 0.368. The third-order valence-electron chi connectivity index (χ3n) is 4.72. The van der Waals surface area contributed by atoms with Crippen molar-refractivity contribution in [2.45, 2.75) is 18.9 Å². The second-order valence-corrected chi connectivity index (χ2v) is 6.25. The summed E-state index contributed by atoms with van der Waals surface area (Å²) < 4.78 is 10.6. The molecule has 0 fully saturated rings. The molecular formula is C19H22N2O4. The highest BCUT2D eigenvalue weighted by atomic mass is 16.5. The van der Waals surface area contributed by atoms with Crippen LogP contribution in [0.3, 0.4) is 0 Å². The smallest absolute Gasteiger partial charge is 0.219 e. The van der Waals surface area contributed by atoms with Crippen molar-refractivity contribution in [3.63, 3.8) is 0 Å². The largest absolute Gasteiger partial charge is 0.493 e. The van der Waals surface area contributed by atoms with Crippen LogP contribution >= 0.6 is 0 Å². The molecule has 0 spiro atoms. The lowest BCUT2D eigenvalue weighted by molar-refractivity contribution is -0.121. The molecule has 0 saturated heterocycles. The van der Waals surface area contributed by atoms with Crippen LogP contribution in [-0.2, 0) is 9.59 Å². The van der Waals surface area contributed by atoms with Gasteiger partial charge in [0.2, 0.25) is 5.91 Å². The maximum atomic E-state index is 12.1. The van der Waals surface area contributed by atoms with E-state index in [4.69, 9.17) is 15.2 Å². The molecule has 1 aromatic carbocycles. The number of amides is 1. The number of benzene rings is 1. The van der Waals surface area contributed by atoms with Crippen LogP contribution in [0.25, 0.3) is 0 Å². The Balaban J connectivity index is 1.94. The minimum Gasteiger partial charge on any atom is -0.493 e. The number of methoxy groups -OCH3 is 2. The van der Waals surface area contributed by atoms with Crippen molar-refractivity contribution in [3.05, 3.63) is 47.7 Å². The predicted octanol–water partition coefficient (Wildman–Crippen LogP) is 1.97. The summed E-state index contributed by atoms with van der Waals surface area (Å²) in [4.78, 5) is 25.8. The second kappa shape index (κ2) is 7.01. The number of carbonyl (C=O) groups is 2. The first-order chi connectivity index (χ1) is 12.0.